The number of hydrogen-bond donors (Lipinski definition) is 1. The van der Waals surface area contributed by atoms with Gasteiger partial charge < -0.3 is 5.32 Å². The van der Waals surface area contributed by atoms with Gasteiger partial charge in [0, 0.05) is 6.20 Å². The predicted octanol–water partition coefficient (Wildman–Crippen LogP) is 3.22. The molecule has 0 saturated carbocycles. The number of benzene rings is 1. The molecule has 136 valence electrons. The molecule has 0 saturated heterocycles. The predicted molar refractivity (Wildman–Crippen MR) is 89.5 cm³/mol. The molecule has 3 rings (SSSR count). The second-order valence-corrected chi connectivity index (χ2v) is 6.13. The number of carbonyl (C=O) groups is 1. The maximum Gasteiger partial charge on any atom is 0.417 e. The average molecular weight is 362 g/mol. The summed E-state index contributed by atoms with van der Waals surface area (Å²) in [5, 5.41) is 10.3. The lowest BCUT2D eigenvalue weighted by atomic mass is 10.0. The summed E-state index contributed by atoms with van der Waals surface area (Å²) in [5.41, 5.74) is 2.60. The van der Waals surface area contributed by atoms with Crippen molar-refractivity contribution < 1.29 is 18.0 Å². The first-order chi connectivity index (χ1) is 12.2. The van der Waals surface area contributed by atoms with Gasteiger partial charge >= 0.3 is 6.18 Å². The van der Waals surface area contributed by atoms with Crippen molar-refractivity contribution in [1.82, 2.24) is 19.9 Å². The maximum atomic E-state index is 12.8. The number of halogens is 3. The van der Waals surface area contributed by atoms with Gasteiger partial charge in [-0.1, -0.05) is 18.2 Å². The number of rotatable bonds is 4. The molecule has 0 unspecified atom stereocenters. The second kappa shape index (κ2) is 6.78. The highest BCUT2D eigenvalue weighted by Crippen LogP contribution is 2.29. The number of nitrogens with one attached hydrogen (secondary N) is 1. The van der Waals surface area contributed by atoms with E-state index in [1.807, 2.05) is 32.0 Å². The lowest BCUT2D eigenvalue weighted by Crippen LogP contribution is -2.25. The lowest BCUT2D eigenvalue weighted by molar-refractivity contribution is -0.137. The number of pyridine rings is 1. The first-order valence-electron chi connectivity index (χ1n) is 7.98. The minimum Gasteiger partial charge on any atom is -0.348 e. The first-order valence-corrected chi connectivity index (χ1v) is 7.98. The van der Waals surface area contributed by atoms with Gasteiger partial charge in [-0.2, -0.15) is 13.2 Å². The van der Waals surface area contributed by atoms with Crippen molar-refractivity contribution in [3.8, 4) is 0 Å². The quantitative estimate of drug-likeness (QED) is 0.775. The van der Waals surface area contributed by atoms with Gasteiger partial charge in [-0.25, -0.2) is 0 Å². The molecular weight excluding hydrogens is 345 g/mol. The second-order valence-electron chi connectivity index (χ2n) is 6.13. The summed E-state index contributed by atoms with van der Waals surface area (Å²) in [7, 11) is 0. The Bertz CT molecular complexity index is 963. The maximum absolute atomic E-state index is 12.8. The van der Waals surface area contributed by atoms with Crippen molar-refractivity contribution in [2.45, 2.75) is 33.0 Å². The summed E-state index contributed by atoms with van der Waals surface area (Å²) in [6, 6.07) is 7.96. The Morgan fingerprint density at radius 1 is 1.12 bits per heavy atom. The molecule has 26 heavy (non-hydrogen) atoms. The van der Waals surface area contributed by atoms with E-state index in [1.54, 1.807) is 0 Å². The molecule has 0 atom stereocenters. The van der Waals surface area contributed by atoms with E-state index in [0.29, 0.717) is 0 Å². The number of amides is 1. The van der Waals surface area contributed by atoms with Crippen molar-refractivity contribution in [1.29, 1.82) is 0 Å². The summed E-state index contributed by atoms with van der Waals surface area (Å²) < 4.78 is 39.8. The van der Waals surface area contributed by atoms with Gasteiger partial charge in [-0.15, -0.1) is 10.2 Å². The summed E-state index contributed by atoms with van der Waals surface area (Å²) in [6.07, 6.45) is -3.34. The zero-order chi connectivity index (χ0) is 18.9. The van der Waals surface area contributed by atoms with Crippen LogP contribution in [0, 0.1) is 13.8 Å². The molecule has 0 aliphatic rings. The third-order valence-corrected chi connectivity index (χ3v) is 4.18. The van der Waals surface area contributed by atoms with Gasteiger partial charge in [0.05, 0.1) is 18.5 Å². The summed E-state index contributed by atoms with van der Waals surface area (Å²) in [4.78, 5) is 12.1. The Morgan fingerprint density at radius 2 is 1.88 bits per heavy atom. The Hall–Kier alpha value is -2.90. The van der Waals surface area contributed by atoms with Crippen LogP contribution >= 0.6 is 0 Å². The topological polar surface area (TPSA) is 59.3 Å². The van der Waals surface area contributed by atoms with E-state index in [4.69, 9.17) is 0 Å². The standard InChI is InChI=1S/C18H17F3N4O/c1-11-3-4-13(7-12(11)2)8-17(26)22-9-16-24-23-15-6-5-14(10-25(15)16)18(19,20)21/h3-7,10H,8-9H2,1-2H3,(H,22,26). The van der Waals surface area contributed by atoms with Crippen molar-refractivity contribution in [3.05, 3.63) is 64.6 Å². The molecule has 2 aromatic heterocycles. The Balaban J connectivity index is 1.70. The molecule has 8 heteroatoms. The van der Waals surface area contributed by atoms with E-state index in [-0.39, 0.29) is 30.3 Å². The first kappa shape index (κ1) is 17.9. The molecule has 1 aromatic carbocycles. The van der Waals surface area contributed by atoms with Gasteiger partial charge in [0.25, 0.3) is 0 Å². The summed E-state index contributed by atoms with van der Waals surface area (Å²) in [5.74, 6) is -0.00323. The van der Waals surface area contributed by atoms with Crippen LogP contribution in [0.1, 0.15) is 28.1 Å². The molecule has 0 bridgehead atoms. The van der Waals surface area contributed by atoms with E-state index in [2.05, 4.69) is 15.5 Å². The van der Waals surface area contributed by atoms with Crippen LogP contribution in [0.4, 0.5) is 13.2 Å². The number of fused-ring (bicyclic) bond motifs is 1. The van der Waals surface area contributed by atoms with Gasteiger partial charge in [-0.05, 0) is 42.7 Å². The number of carbonyl (C=O) groups excluding carboxylic acids is 1. The zero-order valence-electron chi connectivity index (χ0n) is 14.3. The Labute approximate surface area is 147 Å². The van der Waals surface area contributed by atoms with Gasteiger partial charge in [-0.3, -0.25) is 9.20 Å². The van der Waals surface area contributed by atoms with E-state index in [9.17, 15) is 18.0 Å². The van der Waals surface area contributed by atoms with E-state index < -0.39 is 11.7 Å². The number of alkyl halides is 3. The minimum atomic E-state index is -4.46. The molecule has 1 amide bonds. The molecule has 3 aromatic rings. The van der Waals surface area contributed by atoms with Crippen LogP contribution in [0.5, 0.6) is 0 Å². The van der Waals surface area contributed by atoms with E-state index >= 15 is 0 Å². The highest BCUT2D eigenvalue weighted by atomic mass is 19.4. The largest absolute Gasteiger partial charge is 0.417 e. The van der Waals surface area contributed by atoms with Gasteiger partial charge in [0.1, 0.15) is 0 Å². The normalized spacial score (nSPS) is 11.7. The van der Waals surface area contributed by atoms with Crippen LogP contribution in [-0.2, 0) is 23.9 Å². The lowest BCUT2D eigenvalue weighted by Gasteiger charge is -2.08. The fraction of sp³-hybridized carbons (Fsp3) is 0.278. The van der Waals surface area contributed by atoms with Crippen LogP contribution < -0.4 is 5.32 Å². The number of aryl methyl sites for hydroxylation is 2. The molecule has 0 spiro atoms. The zero-order valence-corrected chi connectivity index (χ0v) is 14.3. The van der Waals surface area contributed by atoms with Crippen LogP contribution in [0.3, 0.4) is 0 Å². The summed E-state index contributed by atoms with van der Waals surface area (Å²) >= 11 is 0. The van der Waals surface area contributed by atoms with Gasteiger partial charge in [0.15, 0.2) is 11.5 Å². The van der Waals surface area contributed by atoms with Crippen LogP contribution in [-0.4, -0.2) is 20.5 Å². The van der Waals surface area contributed by atoms with Crippen molar-refractivity contribution >= 4 is 11.6 Å². The van der Waals surface area contributed by atoms with E-state index in [1.165, 1.54) is 10.5 Å². The van der Waals surface area contributed by atoms with Crippen molar-refractivity contribution in [3.63, 3.8) is 0 Å². The van der Waals surface area contributed by atoms with Crippen LogP contribution in [0.2, 0.25) is 0 Å². The molecule has 2 heterocycles. The number of hydrogen-bond acceptors (Lipinski definition) is 3. The fourth-order valence-electron chi connectivity index (χ4n) is 2.57. The van der Waals surface area contributed by atoms with Crippen molar-refractivity contribution in [2.75, 3.05) is 0 Å². The number of aromatic nitrogens is 3. The van der Waals surface area contributed by atoms with Crippen LogP contribution in [0.15, 0.2) is 36.5 Å². The Morgan fingerprint density at radius 3 is 2.58 bits per heavy atom. The third kappa shape index (κ3) is 3.84. The van der Waals surface area contributed by atoms with Crippen LogP contribution in [0.25, 0.3) is 5.65 Å². The fourth-order valence-corrected chi connectivity index (χ4v) is 2.57. The molecule has 0 aliphatic carbocycles. The molecule has 0 fully saturated rings. The highest BCUT2D eigenvalue weighted by Gasteiger charge is 2.31. The monoisotopic (exact) mass is 362 g/mol. The molecule has 5 nitrogen and oxygen atoms in total. The van der Waals surface area contributed by atoms with E-state index in [0.717, 1.165) is 29.0 Å². The van der Waals surface area contributed by atoms with Crippen molar-refractivity contribution in [2.24, 2.45) is 0 Å². The third-order valence-electron chi connectivity index (χ3n) is 4.18. The molecule has 0 aliphatic heterocycles. The average Bonchev–Trinajstić information content (AvgIpc) is 2.98. The molecule has 1 N–H and O–H groups in total. The highest BCUT2D eigenvalue weighted by molar-refractivity contribution is 5.78. The van der Waals surface area contributed by atoms with Gasteiger partial charge in [0.2, 0.25) is 5.91 Å². The Kier molecular flexibility index (Phi) is 4.67. The minimum absolute atomic E-state index is 0.00778. The summed E-state index contributed by atoms with van der Waals surface area (Å²) in [6.45, 7) is 3.95. The number of nitrogens with zero attached hydrogens (tertiary/aromatic N) is 3. The molecule has 0 radical (unpaired) electrons. The SMILES string of the molecule is Cc1ccc(CC(=O)NCc2nnc3ccc(C(F)(F)F)cn23)cc1C. The molecular formula is C18H17F3N4O. The smallest absolute Gasteiger partial charge is 0.348 e.